The van der Waals surface area contributed by atoms with Gasteiger partial charge in [0.15, 0.2) is 6.10 Å². The van der Waals surface area contributed by atoms with E-state index in [0.717, 1.165) is 6.42 Å². The van der Waals surface area contributed by atoms with E-state index in [2.05, 4.69) is 5.32 Å². The van der Waals surface area contributed by atoms with Gasteiger partial charge in [0.2, 0.25) is 0 Å². The van der Waals surface area contributed by atoms with Gasteiger partial charge < -0.3 is 15.5 Å². The average Bonchev–Trinajstić information content (AvgIpc) is 2.43. The summed E-state index contributed by atoms with van der Waals surface area (Å²) in [6, 6.07) is 6.63. The van der Waals surface area contributed by atoms with Crippen LogP contribution in [0.1, 0.15) is 31.9 Å². The molecule has 4 nitrogen and oxygen atoms in total. The fraction of sp³-hybridized carbons (Fsp3) is 0.500. The molecule has 0 aliphatic heterocycles. The standard InChI is InChI=1S/C14H20ClNO3/c1-3-9(2)12(17)8-16-14(19)13(18)10-6-4-5-7-11(10)15/h4-7,9,12-13,17-18H,3,8H2,1-2H3,(H,16,19)/t9?,12?,13-/m1/s1. The van der Waals surface area contributed by atoms with Gasteiger partial charge in [-0.2, -0.15) is 0 Å². The number of carbonyl (C=O) groups is 1. The minimum Gasteiger partial charge on any atom is -0.391 e. The number of hydrogen-bond donors (Lipinski definition) is 3. The molecule has 0 fully saturated rings. The fourth-order valence-electron chi connectivity index (χ4n) is 1.61. The van der Waals surface area contributed by atoms with E-state index in [0.29, 0.717) is 10.6 Å². The highest BCUT2D eigenvalue weighted by molar-refractivity contribution is 6.31. The molecule has 106 valence electrons. The Morgan fingerprint density at radius 1 is 1.37 bits per heavy atom. The van der Waals surface area contributed by atoms with Gasteiger partial charge in [-0.1, -0.05) is 50.1 Å². The second-order valence-corrected chi connectivity index (χ2v) is 5.03. The maximum absolute atomic E-state index is 11.8. The van der Waals surface area contributed by atoms with Crippen LogP contribution in [0, 0.1) is 5.92 Å². The largest absolute Gasteiger partial charge is 0.391 e. The van der Waals surface area contributed by atoms with Gasteiger partial charge in [0.1, 0.15) is 0 Å². The summed E-state index contributed by atoms with van der Waals surface area (Å²) in [6.45, 7) is 3.99. The van der Waals surface area contributed by atoms with Crippen molar-refractivity contribution in [1.82, 2.24) is 5.32 Å². The summed E-state index contributed by atoms with van der Waals surface area (Å²) in [6.07, 6.45) is -1.12. The molecule has 3 atom stereocenters. The molecule has 19 heavy (non-hydrogen) atoms. The Bertz CT molecular complexity index is 425. The van der Waals surface area contributed by atoms with E-state index in [1.807, 2.05) is 13.8 Å². The average molecular weight is 286 g/mol. The molecule has 1 rings (SSSR count). The molecule has 5 heteroatoms. The lowest BCUT2D eigenvalue weighted by Crippen LogP contribution is -2.38. The Balaban J connectivity index is 2.57. The topological polar surface area (TPSA) is 69.6 Å². The SMILES string of the molecule is CCC(C)C(O)CNC(=O)[C@H](O)c1ccccc1Cl. The first-order chi connectivity index (χ1) is 8.97. The highest BCUT2D eigenvalue weighted by Gasteiger charge is 2.21. The smallest absolute Gasteiger partial charge is 0.253 e. The maximum atomic E-state index is 11.8. The molecule has 0 bridgehead atoms. The summed E-state index contributed by atoms with van der Waals surface area (Å²) < 4.78 is 0. The molecular weight excluding hydrogens is 266 g/mol. The summed E-state index contributed by atoms with van der Waals surface area (Å²) in [5, 5.41) is 22.5. The molecule has 1 amide bonds. The fourth-order valence-corrected chi connectivity index (χ4v) is 1.85. The molecule has 3 N–H and O–H groups in total. The quantitative estimate of drug-likeness (QED) is 0.748. The molecule has 0 aliphatic carbocycles. The molecule has 1 aromatic carbocycles. The summed E-state index contributed by atoms with van der Waals surface area (Å²) in [7, 11) is 0. The zero-order valence-corrected chi connectivity index (χ0v) is 11.9. The number of aliphatic hydroxyl groups is 2. The van der Waals surface area contributed by atoms with Crippen molar-refractivity contribution < 1.29 is 15.0 Å². The summed E-state index contributed by atoms with van der Waals surface area (Å²) in [5.74, 6) is -0.465. The molecule has 0 aliphatic rings. The number of hydrogen-bond acceptors (Lipinski definition) is 3. The van der Waals surface area contributed by atoms with Crippen LogP contribution >= 0.6 is 11.6 Å². The van der Waals surface area contributed by atoms with Crippen molar-refractivity contribution in [3.8, 4) is 0 Å². The lowest BCUT2D eigenvalue weighted by Gasteiger charge is -2.19. The number of rotatable bonds is 6. The second kappa shape index (κ2) is 7.48. The van der Waals surface area contributed by atoms with Crippen LogP contribution in [0.15, 0.2) is 24.3 Å². The van der Waals surface area contributed by atoms with E-state index >= 15 is 0 Å². The lowest BCUT2D eigenvalue weighted by molar-refractivity contribution is -0.130. The Hall–Kier alpha value is -1.10. The molecule has 1 aromatic rings. The van der Waals surface area contributed by atoms with Crippen LogP contribution in [0.3, 0.4) is 0 Å². The predicted molar refractivity (Wildman–Crippen MR) is 74.9 cm³/mol. The number of carbonyl (C=O) groups excluding carboxylic acids is 1. The van der Waals surface area contributed by atoms with Crippen molar-refractivity contribution in [2.75, 3.05) is 6.54 Å². The van der Waals surface area contributed by atoms with Gasteiger partial charge in [-0.25, -0.2) is 0 Å². The van der Waals surface area contributed by atoms with Gasteiger partial charge in [0, 0.05) is 17.1 Å². The van der Waals surface area contributed by atoms with Crippen LogP contribution in [0.25, 0.3) is 0 Å². The third-order valence-electron chi connectivity index (χ3n) is 3.23. The monoisotopic (exact) mass is 285 g/mol. The molecule has 0 aromatic heterocycles. The molecule has 0 saturated heterocycles. The lowest BCUT2D eigenvalue weighted by atomic mass is 10.0. The Kier molecular flexibility index (Phi) is 6.28. The summed E-state index contributed by atoms with van der Waals surface area (Å²) >= 11 is 5.91. The van der Waals surface area contributed by atoms with E-state index in [9.17, 15) is 15.0 Å². The third kappa shape index (κ3) is 4.49. The predicted octanol–water partition coefficient (Wildman–Crippen LogP) is 1.90. The minimum absolute atomic E-state index is 0.0951. The van der Waals surface area contributed by atoms with Gasteiger partial charge in [-0.15, -0.1) is 0 Å². The van der Waals surface area contributed by atoms with Crippen molar-refractivity contribution in [1.29, 1.82) is 0 Å². The Morgan fingerprint density at radius 3 is 2.58 bits per heavy atom. The van der Waals surface area contributed by atoms with Crippen LogP contribution in [0.2, 0.25) is 5.02 Å². The van der Waals surface area contributed by atoms with Gasteiger partial charge in [0.25, 0.3) is 5.91 Å². The van der Waals surface area contributed by atoms with E-state index in [4.69, 9.17) is 11.6 Å². The molecular formula is C14H20ClNO3. The molecule has 2 unspecified atom stereocenters. The first kappa shape index (κ1) is 16.0. The first-order valence-corrected chi connectivity index (χ1v) is 6.73. The summed E-state index contributed by atoms with van der Waals surface area (Å²) in [5.41, 5.74) is 0.361. The van der Waals surface area contributed by atoms with E-state index in [1.54, 1.807) is 24.3 Å². The van der Waals surface area contributed by atoms with Crippen LogP contribution in [-0.2, 0) is 4.79 Å². The van der Waals surface area contributed by atoms with E-state index < -0.39 is 18.1 Å². The normalized spacial score (nSPS) is 15.6. The van der Waals surface area contributed by atoms with Gasteiger partial charge in [0.05, 0.1) is 6.10 Å². The Labute approximate surface area is 118 Å². The van der Waals surface area contributed by atoms with Crippen LogP contribution in [0.4, 0.5) is 0 Å². The second-order valence-electron chi connectivity index (χ2n) is 4.62. The van der Waals surface area contributed by atoms with Crippen molar-refractivity contribution in [2.24, 2.45) is 5.92 Å². The minimum atomic E-state index is -1.32. The van der Waals surface area contributed by atoms with E-state index in [1.165, 1.54) is 0 Å². The third-order valence-corrected chi connectivity index (χ3v) is 3.58. The zero-order chi connectivity index (χ0) is 14.4. The highest BCUT2D eigenvalue weighted by Crippen LogP contribution is 2.22. The van der Waals surface area contributed by atoms with Crippen molar-refractivity contribution in [3.05, 3.63) is 34.9 Å². The summed E-state index contributed by atoms with van der Waals surface area (Å²) in [4.78, 5) is 11.8. The molecule has 0 radical (unpaired) electrons. The van der Waals surface area contributed by atoms with Crippen molar-refractivity contribution in [3.63, 3.8) is 0 Å². The zero-order valence-electron chi connectivity index (χ0n) is 11.1. The highest BCUT2D eigenvalue weighted by atomic mass is 35.5. The van der Waals surface area contributed by atoms with Crippen molar-refractivity contribution in [2.45, 2.75) is 32.5 Å². The maximum Gasteiger partial charge on any atom is 0.253 e. The number of benzene rings is 1. The van der Waals surface area contributed by atoms with Crippen molar-refractivity contribution >= 4 is 17.5 Å². The molecule has 0 saturated carbocycles. The molecule has 0 heterocycles. The number of nitrogens with one attached hydrogen (secondary N) is 1. The van der Waals surface area contributed by atoms with Gasteiger partial charge in [-0.05, 0) is 12.0 Å². The molecule has 0 spiro atoms. The number of aliphatic hydroxyl groups excluding tert-OH is 2. The van der Waals surface area contributed by atoms with Crippen LogP contribution in [-0.4, -0.2) is 28.8 Å². The van der Waals surface area contributed by atoms with Crippen LogP contribution < -0.4 is 5.32 Å². The van der Waals surface area contributed by atoms with Gasteiger partial charge in [-0.3, -0.25) is 4.79 Å². The first-order valence-electron chi connectivity index (χ1n) is 6.35. The number of halogens is 1. The number of amides is 1. The van der Waals surface area contributed by atoms with Gasteiger partial charge >= 0.3 is 0 Å². The van der Waals surface area contributed by atoms with Crippen LogP contribution in [0.5, 0.6) is 0 Å². The van der Waals surface area contributed by atoms with E-state index in [-0.39, 0.29) is 12.5 Å². The Morgan fingerprint density at radius 2 is 2.00 bits per heavy atom.